The summed E-state index contributed by atoms with van der Waals surface area (Å²) in [6.07, 6.45) is 6.53. The van der Waals surface area contributed by atoms with Crippen molar-refractivity contribution in [2.75, 3.05) is 13.2 Å². The molecule has 1 atom stereocenters. The predicted molar refractivity (Wildman–Crippen MR) is 167 cm³/mol. The van der Waals surface area contributed by atoms with Gasteiger partial charge >= 0.3 is 0 Å². The van der Waals surface area contributed by atoms with Gasteiger partial charge in [0.05, 0.1) is 37.0 Å². The standard InChI is InChI=1S/C33H35F2N7O2/c1-4-43-25-15-28(34)27(29(35)16-25)19-42-30-8-6-5-7-26(30)32(41-42)22(3)40-33(38-18-23-11-13-37-14-12-23)31(17-36)44-20-24-10-9-21(2)39-24/h5-8,11-17,24,39H,2-4,9-10,18-20,36H2,1H3,(H,38,40)/b31-17+/t24-/m1/s1. The van der Waals surface area contributed by atoms with Crippen LogP contribution in [0.5, 0.6) is 5.75 Å². The van der Waals surface area contributed by atoms with Crippen LogP contribution in [0.15, 0.2) is 96.7 Å². The van der Waals surface area contributed by atoms with Crippen molar-refractivity contribution in [1.29, 1.82) is 0 Å². The summed E-state index contributed by atoms with van der Waals surface area (Å²) in [4.78, 5) is 8.82. The summed E-state index contributed by atoms with van der Waals surface area (Å²) in [6, 6.07) is 13.6. The first-order valence-corrected chi connectivity index (χ1v) is 14.3. The summed E-state index contributed by atoms with van der Waals surface area (Å²) >= 11 is 0. The number of pyridine rings is 1. The van der Waals surface area contributed by atoms with Crippen LogP contribution in [0.1, 0.15) is 36.6 Å². The lowest BCUT2D eigenvalue weighted by atomic mass is 10.1. The van der Waals surface area contributed by atoms with Crippen molar-refractivity contribution in [3.63, 3.8) is 0 Å². The molecule has 1 fully saturated rings. The lowest BCUT2D eigenvalue weighted by Crippen LogP contribution is -2.30. The molecule has 1 aliphatic heterocycles. The van der Waals surface area contributed by atoms with Gasteiger partial charge in [-0.3, -0.25) is 14.7 Å². The van der Waals surface area contributed by atoms with Gasteiger partial charge in [-0.15, -0.1) is 0 Å². The number of aromatic nitrogens is 3. The average molecular weight is 600 g/mol. The van der Waals surface area contributed by atoms with Crippen LogP contribution in [-0.2, 0) is 17.8 Å². The van der Waals surface area contributed by atoms with Crippen molar-refractivity contribution in [3.05, 3.63) is 120 Å². The highest BCUT2D eigenvalue weighted by molar-refractivity contribution is 6.03. The first kappa shape index (κ1) is 30.3. The Morgan fingerprint density at radius 2 is 1.95 bits per heavy atom. The number of benzene rings is 2. The Hall–Kier alpha value is -5.19. The van der Waals surface area contributed by atoms with Gasteiger partial charge in [-0.1, -0.05) is 31.4 Å². The predicted octanol–water partition coefficient (Wildman–Crippen LogP) is 5.40. The highest BCUT2D eigenvalue weighted by atomic mass is 19.1. The van der Waals surface area contributed by atoms with Gasteiger partial charge in [-0.2, -0.15) is 5.10 Å². The Labute approximate surface area is 254 Å². The fraction of sp³-hybridized carbons (Fsp3) is 0.242. The molecular weight excluding hydrogens is 564 g/mol. The van der Waals surface area contributed by atoms with E-state index in [0.29, 0.717) is 48.3 Å². The van der Waals surface area contributed by atoms with E-state index in [1.807, 2.05) is 36.4 Å². The maximum atomic E-state index is 15.0. The minimum absolute atomic E-state index is 0.102. The maximum Gasteiger partial charge on any atom is 0.176 e. The number of nitrogens with two attached hydrogens (primary N) is 1. The van der Waals surface area contributed by atoms with Crippen LogP contribution in [0.2, 0.25) is 0 Å². The third kappa shape index (κ3) is 7.05. The molecule has 0 bridgehead atoms. The van der Waals surface area contributed by atoms with E-state index in [9.17, 15) is 8.78 Å². The molecule has 11 heteroatoms. The fourth-order valence-corrected chi connectivity index (χ4v) is 4.93. The van der Waals surface area contributed by atoms with E-state index >= 15 is 0 Å². The molecule has 0 saturated carbocycles. The first-order chi connectivity index (χ1) is 21.4. The summed E-state index contributed by atoms with van der Waals surface area (Å²) < 4.78 is 42.8. The minimum Gasteiger partial charge on any atom is -0.494 e. The molecule has 0 aliphatic carbocycles. The molecule has 5 rings (SSSR count). The Bertz CT molecular complexity index is 1690. The molecule has 0 spiro atoms. The lowest BCUT2D eigenvalue weighted by Gasteiger charge is -2.18. The number of halogens is 2. The van der Waals surface area contributed by atoms with Gasteiger partial charge in [-0.25, -0.2) is 8.78 Å². The Morgan fingerprint density at radius 3 is 2.64 bits per heavy atom. The summed E-state index contributed by atoms with van der Waals surface area (Å²) in [5.41, 5.74) is 9.36. The third-order valence-electron chi connectivity index (χ3n) is 7.14. The number of fused-ring (bicyclic) bond motifs is 1. The monoisotopic (exact) mass is 599 g/mol. The second-order valence-corrected chi connectivity index (χ2v) is 10.3. The molecule has 4 aromatic rings. The number of rotatable bonds is 12. The first-order valence-electron chi connectivity index (χ1n) is 14.3. The Morgan fingerprint density at radius 1 is 1.20 bits per heavy atom. The molecule has 0 amide bonds. The third-order valence-corrected chi connectivity index (χ3v) is 7.14. The smallest absolute Gasteiger partial charge is 0.176 e. The van der Waals surface area contributed by atoms with E-state index in [0.717, 1.165) is 29.5 Å². The molecule has 2 aromatic heterocycles. The SMILES string of the molecule is C=C1CC[C@H](CO/C(=C/N)C(=NCc2ccncc2)NC(=C)c2nn(Cc3c(F)cc(OCC)cc3F)c3ccccc23)N1. The van der Waals surface area contributed by atoms with Gasteiger partial charge in [0.2, 0.25) is 0 Å². The molecule has 1 saturated heterocycles. The van der Waals surface area contributed by atoms with E-state index in [4.69, 9.17) is 25.3 Å². The van der Waals surface area contributed by atoms with Crippen LogP contribution in [0.4, 0.5) is 8.78 Å². The Kier molecular flexibility index (Phi) is 9.53. The molecule has 0 unspecified atom stereocenters. The maximum absolute atomic E-state index is 15.0. The van der Waals surface area contributed by atoms with Crippen molar-refractivity contribution in [2.24, 2.45) is 10.7 Å². The summed E-state index contributed by atoms with van der Waals surface area (Å²) in [7, 11) is 0. The summed E-state index contributed by atoms with van der Waals surface area (Å²) in [6.45, 7) is 10.8. The van der Waals surface area contributed by atoms with Crippen molar-refractivity contribution in [2.45, 2.75) is 38.9 Å². The number of aliphatic imine (C=N–C) groups is 1. The minimum atomic E-state index is -0.715. The zero-order valence-corrected chi connectivity index (χ0v) is 24.5. The topological polar surface area (TPSA) is 112 Å². The molecule has 44 heavy (non-hydrogen) atoms. The van der Waals surface area contributed by atoms with E-state index in [2.05, 4.69) is 28.8 Å². The molecule has 1 aliphatic rings. The van der Waals surface area contributed by atoms with Crippen LogP contribution in [0, 0.1) is 11.6 Å². The molecule has 228 valence electrons. The number of allylic oxidation sites excluding steroid dienone is 1. The van der Waals surface area contributed by atoms with Gasteiger partial charge in [0.15, 0.2) is 11.6 Å². The summed E-state index contributed by atoms with van der Waals surface area (Å²) in [5.74, 6) is -0.609. The molecule has 0 radical (unpaired) electrons. The normalized spacial score (nSPS) is 15.3. The molecule has 9 nitrogen and oxygen atoms in total. The van der Waals surface area contributed by atoms with Gasteiger partial charge in [0.1, 0.15) is 29.7 Å². The highest BCUT2D eigenvalue weighted by Gasteiger charge is 2.22. The number of para-hydroxylation sites is 1. The lowest BCUT2D eigenvalue weighted by molar-refractivity contribution is 0.202. The van der Waals surface area contributed by atoms with Crippen LogP contribution < -0.4 is 21.1 Å². The van der Waals surface area contributed by atoms with Crippen LogP contribution in [0.3, 0.4) is 0 Å². The molecule has 3 heterocycles. The fourth-order valence-electron chi connectivity index (χ4n) is 4.93. The van der Waals surface area contributed by atoms with E-state index in [1.54, 1.807) is 24.0 Å². The van der Waals surface area contributed by atoms with Gasteiger partial charge in [0.25, 0.3) is 0 Å². The quantitative estimate of drug-likeness (QED) is 0.114. The van der Waals surface area contributed by atoms with Gasteiger partial charge < -0.3 is 25.8 Å². The number of amidine groups is 1. The summed E-state index contributed by atoms with van der Waals surface area (Å²) in [5, 5.41) is 12.0. The van der Waals surface area contributed by atoms with Crippen LogP contribution >= 0.6 is 0 Å². The van der Waals surface area contributed by atoms with Crippen LogP contribution in [0.25, 0.3) is 16.6 Å². The van der Waals surface area contributed by atoms with Crippen molar-refractivity contribution in [1.82, 2.24) is 25.4 Å². The average Bonchev–Trinajstić information content (AvgIpc) is 3.61. The van der Waals surface area contributed by atoms with E-state index in [-0.39, 0.29) is 23.9 Å². The van der Waals surface area contributed by atoms with Crippen molar-refractivity contribution >= 4 is 22.4 Å². The second-order valence-electron chi connectivity index (χ2n) is 10.3. The number of hydrogen-bond donors (Lipinski definition) is 3. The largest absolute Gasteiger partial charge is 0.494 e. The number of hydrogen-bond acceptors (Lipinski definition) is 7. The van der Waals surface area contributed by atoms with E-state index in [1.165, 1.54) is 18.3 Å². The molecular formula is C33H35F2N7O2. The van der Waals surface area contributed by atoms with E-state index < -0.39 is 11.6 Å². The van der Waals surface area contributed by atoms with Crippen molar-refractivity contribution < 1.29 is 18.3 Å². The van der Waals surface area contributed by atoms with Crippen molar-refractivity contribution in [3.8, 4) is 5.75 Å². The molecule has 4 N–H and O–H groups in total. The Balaban J connectivity index is 1.43. The number of ether oxygens (including phenoxy) is 2. The number of nitrogens with one attached hydrogen (secondary N) is 2. The zero-order valence-electron chi connectivity index (χ0n) is 24.5. The van der Waals surface area contributed by atoms with Gasteiger partial charge in [0, 0.05) is 47.4 Å². The zero-order chi connectivity index (χ0) is 31.1. The second kappa shape index (κ2) is 13.9. The number of nitrogens with zero attached hydrogens (tertiary/aromatic N) is 4. The molecule has 2 aromatic carbocycles. The van der Waals surface area contributed by atoms with Crippen LogP contribution in [-0.4, -0.2) is 39.9 Å². The highest BCUT2D eigenvalue weighted by Crippen LogP contribution is 2.27. The van der Waals surface area contributed by atoms with Gasteiger partial charge in [-0.05, 0) is 43.5 Å².